The van der Waals surface area contributed by atoms with Crippen molar-refractivity contribution in [1.82, 2.24) is 0 Å². The van der Waals surface area contributed by atoms with E-state index in [1.54, 1.807) is 19.1 Å². The maximum Gasteiger partial charge on any atom is 0.336 e. The number of hydrogen-bond acceptors (Lipinski definition) is 2. The fourth-order valence-corrected chi connectivity index (χ4v) is 0.870. The van der Waals surface area contributed by atoms with Gasteiger partial charge in [-0.25, -0.2) is 4.79 Å². The average Bonchev–Trinajstić information content (AvgIpc) is 1.94. The lowest BCUT2D eigenvalue weighted by molar-refractivity contribution is 0.0696. The molecule has 1 aromatic carbocycles. The third-order valence-electron chi connectivity index (χ3n) is 1.49. The Morgan fingerprint density at radius 2 is 2.08 bits per heavy atom. The molecule has 0 radical (unpaired) electrons. The molecule has 0 spiro atoms. The van der Waals surface area contributed by atoms with E-state index >= 15 is 0 Å². The number of aryl methyl sites for hydroxylation is 1. The molecule has 3 N–H and O–H groups in total. The second kappa shape index (κ2) is 3.97. The second-order valence-corrected chi connectivity index (χ2v) is 2.38. The number of nitrogens with two attached hydrogens (primary N) is 1. The summed E-state index contributed by atoms with van der Waals surface area (Å²) < 4.78 is 0. The minimum Gasteiger partial charge on any atom is -0.478 e. The van der Waals surface area contributed by atoms with Crippen LogP contribution in [0.15, 0.2) is 18.2 Å². The fourth-order valence-electron chi connectivity index (χ4n) is 0.870. The normalized spacial score (nSPS) is 8.75. The minimum atomic E-state index is -0.935. The number of carbonyl (C=O) groups is 1. The molecule has 0 amide bonds. The summed E-state index contributed by atoms with van der Waals surface area (Å²) in [5.41, 5.74) is 6.88. The molecule has 0 saturated heterocycles. The molecule has 0 aliphatic heterocycles. The molecule has 0 aromatic heterocycles. The van der Waals surface area contributed by atoms with Crippen LogP contribution >= 0.6 is 12.4 Å². The van der Waals surface area contributed by atoms with E-state index in [9.17, 15) is 4.79 Å². The maximum absolute atomic E-state index is 10.5. The van der Waals surface area contributed by atoms with Crippen molar-refractivity contribution in [3.63, 3.8) is 0 Å². The number of hydrogen-bond donors (Lipinski definition) is 2. The summed E-state index contributed by atoms with van der Waals surface area (Å²) in [5.74, 6) is -0.935. The number of aromatic carboxylic acids is 1. The van der Waals surface area contributed by atoms with Crippen molar-refractivity contribution >= 4 is 24.1 Å². The van der Waals surface area contributed by atoms with Crippen molar-refractivity contribution in [2.45, 2.75) is 6.92 Å². The van der Waals surface area contributed by atoms with E-state index in [0.717, 1.165) is 5.56 Å². The molecule has 0 heterocycles. The molecule has 1 aromatic rings. The van der Waals surface area contributed by atoms with E-state index < -0.39 is 5.97 Å². The summed E-state index contributed by atoms with van der Waals surface area (Å²) in [7, 11) is 0. The lowest BCUT2D eigenvalue weighted by Gasteiger charge is -2.00. The first-order valence-electron chi connectivity index (χ1n) is 3.20. The smallest absolute Gasteiger partial charge is 0.336 e. The van der Waals surface area contributed by atoms with Crippen LogP contribution in [-0.4, -0.2) is 11.1 Å². The first-order chi connectivity index (χ1) is 5.11. The van der Waals surface area contributed by atoms with Crippen LogP contribution in [0.3, 0.4) is 0 Å². The van der Waals surface area contributed by atoms with Crippen molar-refractivity contribution in [3.8, 4) is 0 Å². The van der Waals surface area contributed by atoms with Crippen LogP contribution in [0.4, 0.5) is 5.69 Å². The number of anilines is 1. The summed E-state index contributed by atoms with van der Waals surface area (Å²) in [6, 6.07) is 4.83. The van der Waals surface area contributed by atoms with Gasteiger partial charge in [0.05, 0.1) is 5.56 Å². The third kappa shape index (κ3) is 2.13. The predicted molar refractivity (Wildman–Crippen MR) is 49.8 cm³/mol. The lowest BCUT2D eigenvalue weighted by Crippen LogP contribution is -2.00. The highest BCUT2D eigenvalue weighted by Gasteiger charge is 2.05. The highest BCUT2D eigenvalue weighted by molar-refractivity contribution is 5.90. The zero-order chi connectivity index (χ0) is 8.43. The van der Waals surface area contributed by atoms with Crippen molar-refractivity contribution in [1.29, 1.82) is 0 Å². The number of rotatable bonds is 1. The number of carboxylic acids is 1. The molecule has 0 aliphatic carbocycles. The number of benzene rings is 1. The van der Waals surface area contributed by atoms with Crippen molar-refractivity contribution < 1.29 is 9.90 Å². The third-order valence-corrected chi connectivity index (χ3v) is 1.49. The molecule has 0 atom stereocenters. The average molecular weight is 188 g/mol. The van der Waals surface area contributed by atoms with E-state index in [1.807, 2.05) is 0 Å². The zero-order valence-corrected chi connectivity index (χ0v) is 7.39. The van der Waals surface area contributed by atoms with Crippen molar-refractivity contribution in [3.05, 3.63) is 29.3 Å². The van der Waals surface area contributed by atoms with Crippen LogP contribution in [-0.2, 0) is 0 Å². The van der Waals surface area contributed by atoms with E-state index in [1.165, 1.54) is 6.07 Å². The Morgan fingerprint density at radius 1 is 1.50 bits per heavy atom. The molecule has 66 valence electrons. The first kappa shape index (κ1) is 10.8. The van der Waals surface area contributed by atoms with Gasteiger partial charge in [-0.05, 0) is 24.6 Å². The quantitative estimate of drug-likeness (QED) is 0.658. The highest BCUT2D eigenvalue weighted by Crippen LogP contribution is 2.11. The Morgan fingerprint density at radius 3 is 2.50 bits per heavy atom. The summed E-state index contributed by atoms with van der Waals surface area (Å²) in [4.78, 5) is 10.5. The van der Waals surface area contributed by atoms with Gasteiger partial charge in [-0.1, -0.05) is 6.07 Å². The van der Waals surface area contributed by atoms with Crippen LogP contribution in [0, 0.1) is 6.92 Å². The van der Waals surface area contributed by atoms with Crippen molar-refractivity contribution in [2.75, 3.05) is 5.73 Å². The summed E-state index contributed by atoms with van der Waals surface area (Å²) in [6.07, 6.45) is 0. The van der Waals surface area contributed by atoms with Gasteiger partial charge in [0.1, 0.15) is 0 Å². The predicted octanol–water partition coefficient (Wildman–Crippen LogP) is 1.70. The van der Waals surface area contributed by atoms with Crippen LogP contribution < -0.4 is 5.73 Å². The lowest BCUT2D eigenvalue weighted by atomic mass is 10.1. The SMILES string of the molecule is Cc1ccc(N)cc1C(=O)O.Cl. The van der Waals surface area contributed by atoms with E-state index in [-0.39, 0.29) is 18.0 Å². The summed E-state index contributed by atoms with van der Waals surface area (Å²) in [5, 5.41) is 8.63. The van der Waals surface area contributed by atoms with Gasteiger partial charge in [0.25, 0.3) is 0 Å². The molecule has 3 nitrogen and oxygen atoms in total. The summed E-state index contributed by atoms with van der Waals surface area (Å²) >= 11 is 0. The van der Waals surface area contributed by atoms with Gasteiger partial charge in [0.15, 0.2) is 0 Å². The minimum absolute atomic E-state index is 0. The Labute approximate surface area is 76.6 Å². The second-order valence-electron chi connectivity index (χ2n) is 2.38. The fraction of sp³-hybridized carbons (Fsp3) is 0.125. The van der Waals surface area contributed by atoms with Gasteiger partial charge in [0, 0.05) is 5.69 Å². The number of carboxylic acid groups (broad SMARTS) is 1. The Hall–Kier alpha value is -1.22. The van der Waals surface area contributed by atoms with Crippen LogP contribution in [0.2, 0.25) is 0 Å². The first-order valence-corrected chi connectivity index (χ1v) is 3.20. The molecule has 0 fully saturated rings. The molecule has 0 aliphatic rings. The van der Waals surface area contributed by atoms with Gasteiger partial charge in [-0.3, -0.25) is 0 Å². The topological polar surface area (TPSA) is 63.3 Å². The highest BCUT2D eigenvalue weighted by atomic mass is 35.5. The van der Waals surface area contributed by atoms with Crippen LogP contribution in [0.25, 0.3) is 0 Å². The van der Waals surface area contributed by atoms with Gasteiger partial charge in [0.2, 0.25) is 0 Å². The zero-order valence-electron chi connectivity index (χ0n) is 6.57. The Balaban J connectivity index is 0.00000121. The van der Waals surface area contributed by atoms with Gasteiger partial charge < -0.3 is 10.8 Å². The molecular weight excluding hydrogens is 178 g/mol. The van der Waals surface area contributed by atoms with E-state index in [0.29, 0.717) is 5.69 Å². The van der Waals surface area contributed by atoms with Crippen molar-refractivity contribution in [2.24, 2.45) is 0 Å². The maximum atomic E-state index is 10.5. The Bertz CT molecular complexity index is 299. The molecule has 1 rings (SSSR count). The Kier molecular flexibility index (Phi) is 3.57. The van der Waals surface area contributed by atoms with Gasteiger partial charge >= 0.3 is 5.97 Å². The monoisotopic (exact) mass is 187 g/mol. The van der Waals surface area contributed by atoms with Crippen LogP contribution in [0.1, 0.15) is 15.9 Å². The summed E-state index contributed by atoms with van der Waals surface area (Å²) in [6.45, 7) is 1.74. The molecule has 0 saturated carbocycles. The molecule has 12 heavy (non-hydrogen) atoms. The molecular formula is C8H10ClNO2. The number of nitrogen functional groups attached to an aromatic ring is 1. The standard InChI is InChI=1S/C8H9NO2.ClH/c1-5-2-3-6(9)4-7(5)8(10)11;/h2-4H,9H2,1H3,(H,10,11);1H. The van der Waals surface area contributed by atoms with E-state index in [2.05, 4.69) is 0 Å². The largest absolute Gasteiger partial charge is 0.478 e. The molecule has 0 bridgehead atoms. The van der Waals surface area contributed by atoms with Gasteiger partial charge in [-0.15, -0.1) is 12.4 Å². The van der Waals surface area contributed by atoms with Gasteiger partial charge in [-0.2, -0.15) is 0 Å². The van der Waals surface area contributed by atoms with E-state index in [4.69, 9.17) is 10.8 Å². The molecule has 0 unspecified atom stereocenters. The number of halogens is 1. The molecule has 4 heteroatoms. The van der Waals surface area contributed by atoms with Crippen LogP contribution in [0.5, 0.6) is 0 Å².